The van der Waals surface area contributed by atoms with Gasteiger partial charge in [-0.1, -0.05) is 20.3 Å². The van der Waals surface area contributed by atoms with Crippen molar-refractivity contribution in [3.8, 4) is 0 Å². The van der Waals surface area contributed by atoms with Crippen molar-refractivity contribution in [1.29, 1.82) is 0 Å². The molecule has 4 nitrogen and oxygen atoms in total. The minimum absolute atomic E-state index is 0.355. The summed E-state index contributed by atoms with van der Waals surface area (Å²) in [5.41, 5.74) is 7.89. The molecule has 1 saturated carbocycles. The van der Waals surface area contributed by atoms with Gasteiger partial charge in [-0.3, -0.25) is 5.43 Å². The first-order valence-electron chi connectivity index (χ1n) is 4.99. The first-order chi connectivity index (χ1) is 6.19. The van der Waals surface area contributed by atoms with Crippen LogP contribution in [0.5, 0.6) is 0 Å². The minimum Gasteiger partial charge on any atom is -0.369 e. The number of hydrogen-bond acceptors (Lipinski definition) is 2. The second kappa shape index (κ2) is 4.46. The van der Waals surface area contributed by atoms with E-state index in [1.54, 1.807) is 0 Å². The van der Waals surface area contributed by atoms with Gasteiger partial charge in [-0.2, -0.15) is 0 Å². The molecule has 1 fully saturated rings. The van der Waals surface area contributed by atoms with Crippen molar-refractivity contribution >= 4 is 5.96 Å². The maximum Gasteiger partial charge on any atom is 0.203 e. The molecule has 1 aliphatic carbocycles. The molecule has 0 saturated heterocycles. The molecule has 13 heavy (non-hydrogen) atoms. The summed E-state index contributed by atoms with van der Waals surface area (Å²) in [6.45, 7) is 4.48. The summed E-state index contributed by atoms with van der Waals surface area (Å²) >= 11 is 0. The topological polar surface area (TPSA) is 76.4 Å². The van der Waals surface area contributed by atoms with E-state index in [1.165, 1.54) is 12.8 Å². The first-order valence-corrected chi connectivity index (χ1v) is 4.99. The number of nitrogens with one attached hydrogen (secondary N) is 1. The SMILES string of the molecule is CCC1CCC(N=C(N)NN)C1C. The highest BCUT2D eigenvalue weighted by Gasteiger charge is 2.31. The highest BCUT2D eigenvalue weighted by atomic mass is 15.3. The van der Waals surface area contributed by atoms with Gasteiger partial charge in [-0.05, 0) is 24.7 Å². The van der Waals surface area contributed by atoms with E-state index in [4.69, 9.17) is 11.6 Å². The summed E-state index contributed by atoms with van der Waals surface area (Å²) in [5.74, 6) is 6.95. The van der Waals surface area contributed by atoms with Crippen LogP contribution in [0.3, 0.4) is 0 Å². The summed E-state index contributed by atoms with van der Waals surface area (Å²) in [7, 11) is 0. The quantitative estimate of drug-likeness (QED) is 0.254. The fourth-order valence-corrected chi connectivity index (χ4v) is 2.20. The van der Waals surface area contributed by atoms with Gasteiger partial charge in [-0.15, -0.1) is 0 Å². The van der Waals surface area contributed by atoms with Crippen LogP contribution in [0.1, 0.15) is 33.1 Å². The highest BCUT2D eigenvalue weighted by molar-refractivity contribution is 5.77. The van der Waals surface area contributed by atoms with Gasteiger partial charge < -0.3 is 5.73 Å². The number of hydrazine groups is 1. The third-order valence-corrected chi connectivity index (χ3v) is 3.16. The van der Waals surface area contributed by atoms with Crippen LogP contribution in [0.4, 0.5) is 0 Å². The molecule has 76 valence electrons. The lowest BCUT2D eigenvalue weighted by atomic mass is 9.94. The normalized spacial score (nSPS) is 35.0. The monoisotopic (exact) mass is 184 g/mol. The molecule has 0 spiro atoms. The van der Waals surface area contributed by atoms with Gasteiger partial charge in [0.25, 0.3) is 0 Å². The zero-order valence-electron chi connectivity index (χ0n) is 8.46. The lowest BCUT2D eigenvalue weighted by Crippen LogP contribution is -2.38. The molecule has 4 heteroatoms. The van der Waals surface area contributed by atoms with E-state index in [0.29, 0.717) is 17.9 Å². The number of hydrogen-bond donors (Lipinski definition) is 3. The summed E-state index contributed by atoms with van der Waals surface area (Å²) < 4.78 is 0. The molecule has 0 aromatic carbocycles. The fraction of sp³-hybridized carbons (Fsp3) is 0.889. The number of rotatable bonds is 2. The number of aliphatic imine (C=N–C) groups is 1. The third kappa shape index (κ3) is 2.34. The maximum absolute atomic E-state index is 5.52. The summed E-state index contributed by atoms with van der Waals surface area (Å²) in [6.07, 6.45) is 3.65. The van der Waals surface area contributed by atoms with Crippen LogP contribution in [-0.4, -0.2) is 12.0 Å². The molecule has 0 bridgehead atoms. The van der Waals surface area contributed by atoms with Crippen LogP contribution in [0, 0.1) is 11.8 Å². The molecule has 1 aliphatic rings. The molecule has 0 aromatic heterocycles. The van der Waals surface area contributed by atoms with Gasteiger partial charge >= 0.3 is 0 Å². The van der Waals surface area contributed by atoms with E-state index in [2.05, 4.69) is 24.3 Å². The number of nitrogens with zero attached hydrogens (tertiary/aromatic N) is 1. The van der Waals surface area contributed by atoms with Crippen LogP contribution >= 0.6 is 0 Å². The minimum atomic E-state index is 0.355. The van der Waals surface area contributed by atoms with Crippen molar-refractivity contribution in [2.24, 2.45) is 28.4 Å². The molecule has 1 rings (SSSR count). The molecule has 0 heterocycles. The predicted octanol–water partition coefficient (Wildman–Crippen LogP) is 0.589. The van der Waals surface area contributed by atoms with E-state index in [-0.39, 0.29) is 0 Å². The van der Waals surface area contributed by atoms with Crippen molar-refractivity contribution in [3.05, 3.63) is 0 Å². The smallest absolute Gasteiger partial charge is 0.203 e. The summed E-state index contributed by atoms with van der Waals surface area (Å²) in [6, 6.07) is 0.362. The Morgan fingerprint density at radius 2 is 2.23 bits per heavy atom. The lowest BCUT2D eigenvalue weighted by Gasteiger charge is -2.16. The zero-order valence-corrected chi connectivity index (χ0v) is 8.46. The highest BCUT2D eigenvalue weighted by Crippen LogP contribution is 2.35. The average Bonchev–Trinajstić information content (AvgIpc) is 2.48. The molecular formula is C9H20N4. The Hall–Kier alpha value is -0.770. The van der Waals surface area contributed by atoms with E-state index in [0.717, 1.165) is 12.3 Å². The van der Waals surface area contributed by atoms with Gasteiger partial charge in [0.15, 0.2) is 0 Å². The van der Waals surface area contributed by atoms with Gasteiger partial charge in [0.1, 0.15) is 0 Å². The lowest BCUT2D eigenvalue weighted by molar-refractivity contribution is 0.383. The van der Waals surface area contributed by atoms with Crippen molar-refractivity contribution in [1.82, 2.24) is 5.43 Å². The summed E-state index contributed by atoms with van der Waals surface area (Å²) in [4.78, 5) is 4.33. The third-order valence-electron chi connectivity index (χ3n) is 3.16. The second-order valence-corrected chi connectivity index (χ2v) is 3.83. The molecule has 0 aliphatic heterocycles. The van der Waals surface area contributed by atoms with Gasteiger partial charge in [0.2, 0.25) is 5.96 Å². The van der Waals surface area contributed by atoms with Crippen molar-refractivity contribution in [2.75, 3.05) is 0 Å². The van der Waals surface area contributed by atoms with Crippen LogP contribution in [0.25, 0.3) is 0 Å². The summed E-state index contributed by atoms with van der Waals surface area (Å²) in [5, 5.41) is 0. The van der Waals surface area contributed by atoms with E-state index in [1.807, 2.05) is 0 Å². The van der Waals surface area contributed by atoms with Gasteiger partial charge in [0, 0.05) is 0 Å². The average molecular weight is 184 g/mol. The largest absolute Gasteiger partial charge is 0.369 e. The van der Waals surface area contributed by atoms with Crippen LogP contribution in [0.15, 0.2) is 4.99 Å². The Labute approximate surface area is 79.7 Å². The molecule has 3 unspecified atom stereocenters. The maximum atomic E-state index is 5.52. The van der Waals surface area contributed by atoms with Crippen molar-refractivity contribution in [2.45, 2.75) is 39.2 Å². The zero-order chi connectivity index (χ0) is 9.84. The Balaban J connectivity index is 2.54. The van der Waals surface area contributed by atoms with Crippen molar-refractivity contribution < 1.29 is 0 Å². The van der Waals surface area contributed by atoms with Crippen LogP contribution in [0.2, 0.25) is 0 Å². The van der Waals surface area contributed by atoms with Crippen LogP contribution in [-0.2, 0) is 0 Å². The Kier molecular flexibility index (Phi) is 3.54. The second-order valence-electron chi connectivity index (χ2n) is 3.83. The standard InChI is InChI=1S/C9H20N4/c1-3-7-4-5-8(6(7)2)12-9(10)13-11/h6-8H,3-5,11H2,1-2H3,(H3,10,12,13). The Bertz CT molecular complexity index is 190. The van der Waals surface area contributed by atoms with Crippen LogP contribution < -0.4 is 17.0 Å². The van der Waals surface area contributed by atoms with Gasteiger partial charge in [-0.25, -0.2) is 10.8 Å². The Morgan fingerprint density at radius 1 is 1.54 bits per heavy atom. The number of nitrogens with two attached hydrogens (primary N) is 2. The van der Waals surface area contributed by atoms with E-state index in [9.17, 15) is 0 Å². The molecule has 3 atom stereocenters. The predicted molar refractivity (Wildman–Crippen MR) is 54.9 cm³/mol. The molecule has 0 aromatic rings. The number of guanidine groups is 1. The molecule has 0 radical (unpaired) electrons. The van der Waals surface area contributed by atoms with E-state index >= 15 is 0 Å². The van der Waals surface area contributed by atoms with Gasteiger partial charge in [0.05, 0.1) is 6.04 Å². The molecule has 5 N–H and O–H groups in total. The molecule has 0 amide bonds. The molecular weight excluding hydrogens is 164 g/mol. The first kappa shape index (κ1) is 10.3. The van der Waals surface area contributed by atoms with Crippen molar-refractivity contribution in [3.63, 3.8) is 0 Å². The Morgan fingerprint density at radius 3 is 2.69 bits per heavy atom. The fourth-order valence-electron chi connectivity index (χ4n) is 2.20. The van der Waals surface area contributed by atoms with E-state index < -0.39 is 0 Å².